The predicted molar refractivity (Wildman–Crippen MR) is 92.6 cm³/mol. The van der Waals surface area contributed by atoms with Gasteiger partial charge in [0.05, 0.1) is 0 Å². The van der Waals surface area contributed by atoms with Crippen LogP contribution in [-0.4, -0.2) is 41.4 Å². The standard InChI is InChI=1S/C18H25N3O3/c1-12(2)10-15-17(23)20(18(24)19-15)11-16(22)21(13(3)4)14-8-6-5-7-9-14/h5-9,12-13,15H,10-11H2,1-4H3,(H,19,24)/t15-/m1/s1. The van der Waals surface area contributed by atoms with Gasteiger partial charge in [0.2, 0.25) is 5.91 Å². The highest BCUT2D eigenvalue weighted by Gasteiger charge is 2.39. The zero-order valence-electron chi connectivity index (χ0n) is 14.7. The molecule has 1 atom stereocenters. The summed E-state index contributed by atoms with van der Waals surface area (Å²) in [5.41, 5.74) is 0.753. The van der Waals surface area contributed by atoms with Gasteiger partial charge in [0, 0.05) is 11.7 Å². The van der Waals surface area contributed by atoms with E-state index in [2.05, 4.69) is 5.32 Å². The Morgan fingerprint density at radius 3 is 2.33 bits per heavy atom. The van der Waals surface area contributed by atoms with E-state index in [0.29, 0.717) is 6.42 Å². The van der Waals surface area contributed by atoms with Crippen molar-refractivity contribution in [2.45, 2.75) is 46.2 Å². The second kappa shape index (κ2) is 7.47. The maximum absolute atomic E-state index is 12.7. The molecule has 1 N–H and O–H groups in total. The first-order valence-corrected chi connectivity index (χ1v) is 8.30. The number of para-hydroxylation sites is 1. The van der Waals surface area contributed by atoms with Crippen LogP contribution in [0.1, 0.15) is 34.1 Å². The minimum absolute atomic E-state index is 0.0767. The Kier molecular flexibility index (Phi) is 5.59. The number of urea groups is 1. The topological polar surface area (TPSA) is 69.7 Å². The largest absolute Gasteiger partial charge is 0.326 e. The maximum Gasteiger partial charge on any atom is 0.325 e. The first-order chi connectivity index (χ1) is 11.3. The molecular weight excluding hydrogens is 306 g/mol. The fraction of sp³-hybridized carbons (Fsp3) is 0.500. The summed E-state index contributed by atoms with van der Waals surface area (Å²) in [7, 11) is 0. The molecule has 0 aliphatic carbocycles. The van der Waals surface area contributed by atoms with Gasteiger partial charge in [-0.3, -0.25) is 14.5 Å². The summed E-state index contributed by atoms with van der Waals surface area (Å²) in [6, 6.07) is 8.16. The molecule has 1 fully saturated rings. The number of nitrogens with one attached hydrogen (secondary N) is 1. The molecule has 0 aromatic heterocycles. The van der Waals surface area contributed by atoms with Gasteiger partial charge in [-0.05, 0) is 38.3 Å². The lowest BCUT2D eigenvalue weighted by molar-refractivity contribution is -0.131. The minimum Gasteiger partial charge on any atom is -0.326 e. The van der Waals surface area contributed by atoms with Crippen LogP contribution in [0.5, 0.6) is 0 Å². The highest BCUT2D eigenvalue weighted by molar-refractivity contribution is 6.08. The summed E-state index contributed by atoms with van der Waals surface area (Å²) in [6.07, 6.45) is 0.571. The molecule has 1 saturated heterocycles. The van der Waals surface area contributed by atoms with Crippen molar-refractivity contribution in [1.29, 1.82) is 0 Å². The van der Waals surface area contributed by atoms with Gasteiger partial charge in [-0.25, -0.2) is 4.79 Å². The van der Waals surface area contributed by atoms with Gasteiger partial charge >= 0.3 is 6.03 Å². The summed E-state index contributed by atoms with van der Waals surface area (Å²) in [5, 5.41) is 2.67. The number of hydrogen-bond acceptors (Lipinski definition) is 3. The monoisotopic (exact) mass is 331 g/mol. The molecule has 1 aliphatic rings. The number of carbonyl (C=O) groups excluding carboxylic acids is 3. The van der Waals surface area contributed by atoms with E-state index in [1.165, 1.54) is 0 Å². The van der Waals surface area contributed by atoms with Gasteiger partial charge in [-0.1, -0.05) is 32.0 Å². The first-order valence-electron chi connectivity index (χ1n) is 8.30. The number of benzene rings is 1. The number of rotatable bonds is 6. The molecule has 1 aromatic rings. The van der Waals surface area contributed by atoms with Crippen molar-refractivity contribution in [1.82, 2.24) is 10.2 Å². The van der Waals surface area contributed by atoms with E-state index in [9.17, 15) is 14.4 Å². The van der Waals surface area contributed by atoms with Gasteiger partial charge in [0.1, 0.15) is 12.6 Å². The second-order valence-electron chi connectivity index (χ2n) is 6.75. The van der Waals surface area contributed by atoms with Crippen molar-refractivity contribution >= 4 is 23.5 Å². The lowest BCUT2D eigenvalue weighted by Gasteiger charge is -2.28. The van der Waals surface area contributed by atoms with Crippen LogP contribution in [0.15, 0.2) is 30.3 Å². The van der Waals surface area contributed by atoms with Crippen molar-refractivity contribution in [3.8, 4) is 0 Å². The molecule has 6 nitrogen and oxygen atoms in total. The maximum atomic E-state index is 12.7. The average Bonchev–Trinajstić information content (AvgIpc) is 2.75. The van der Waals surface area contributed by atoms with Gasteiger partial charge in [0.15, 0.2) is 0 Å². The molecule has 24 heavy (non-hydrogen) atoms. The Morgan fingerprint density at radius 2 is 1.79 bits per heavy atom. The molecule has 0 bridgehead atoms. The lowest BCUT2D eigenvalue weighted by atomic mass is 10.0. The van der Waals surface area contributed by atoms with E-state index in [4.69, 9.17) is 0 Å². The van der Waals surface area contributed by atoms with E-state index in [1.807, 2.05) is 58.0 Å². The number of nitrogens with zero attached hydrogens (tertiary/aromatic N) is 2. The molecule has 130 valence electrons. The van der Waals surface area contributed by atoms with Crippen molar-refractivity contribution in [2.24, 2.45) is 5.92 Å². The van der Waals surface area contributed by atoms with Crippen LogP contribution >= 0.6 is 0 Å². The molecule has 1 aliphatic heterocycles. The zero-order chi connectivity index (χ0) is 17.9. The van der Waals surface area contributed by atoms with Crippen LogP contribution in [-0.2, 0) is 9.59 Å². The van der Waals surface area contributed by atoms with E-state index in [-0.39, 0.29) is 30.3 Å². The third-order valence-electron chi connectivity index (χ3n) is 3.93. The fourth-order valence-corrected chi connectivity index (χ4v) is 2.89. The Bertz CT molecular complexity index is 613. The quantitative estimate of drug-likeness (QED) is 0.814. The zero-order valence-corrected chi connectivity index (χ0v) is 14.7. The molecule has 0 radical (unpaired) electrons. The van der Waals surface area contributed by atoms with Crippen LogP contribution in [0.3, 0.4) is 0 Å². The van der Waals surface area contributed by atoms with E-state index >= 15 is 0 Å². The number of amides is 4. The van der Waals surface area contributed by atoms with Gasteiger partial charge in [0.25, 0.3) is 5.91 Å². The highest BCUT2D eigenvalue weighted by atomic mass is 16.2. The van der Waals surface area contributed by atoms with E-state index in [1.54, 1.807) is 4.90 Å². The van der Waals surface area contributed by atoms with Gasteiger partial charge in [-0.15, -0.1) is 0 Å². The van der Waals surface area contributed by atoms with Gasteiger partial charge in [-0.2, -0.15) is 0 Å². The number of hydrogen-bond donors (Lipinski definition) is 1. The smallest absolute Gasteiger partial charge is 0.325 e. The predicted octanol–water partition coefficient (Wildman–Crippen LogP) is 2.39. The SMILES string of the molecule is CC(C)C[C@H]1NC(=O)N(CC(=O)N(c2ccccc2)C(C)C)C1=O. The molecule has 0 spiro atoms. The Labute approximate surface area is 142 Å². The van der Waals surface area contributed by atoms with Crippen LogP contribution in [0.25, 0.3) is 0 Å². The molecule has 1 aromatic carbocycles. The van der Waals surface area contributed by atoms with Crippen LogP contribution < -0.4 is 10.2 Å². The van der Waals surface area contributed by atoms with E-state index < -0.39 is 12.1 Å². The van der Waals surface area contributed by atoms with Gasteiger partial charge < -0.3 is 10.2 Å². The third kappa shape index (κ3) is 3.93. The Balaban J connectivity index is 2.12. The Hall–Kier alpha value is -2.37. The summed E-state index contributed by atoms with van der Waals surface area (Å²) < 4.78 is 0. The summed E-state index contributed by atoms with van der Waals surface area (Å²) in [6.45, 7) is 7.54. The molecule has 2 rings (SSSR count). The summed E-state index contributed by atoms with van der Waals surface area (Å²) >= 11 is 0. The molecular formula is C18H25N3O3. The van der Waals surface area contributed by atoms with Crippen molar-refractivity contribution < 1.29 is 14.4 Å². The molecule has 1 heterocycles. The van der Waals surface area contributed by atoms with Crippen LogP contribution in [0, 0.1) is 5.92 Å². The summed E-state index contributed by atoms with van der Waals surface area (Å²) in [4.78, 5) is 39.8. The third-order valence-corrected chi connectivity index (χ3v) is 3.93. The van der Waals surface area contributed by atoms with Crippen molar-refractivity contribution in [3.05, 3.63) is 30.3 Å². The van der Waals surface area contributed by atoms with Crippen LogP contribution in [0.2, 0.25) is 0 Å². The Morgan fingerprint density at radius 1 is 1.17 bits per heavy atom. The summed E-state index contributed by atoms with van der Waals surface area (Å²) in [5.74, 6) is -0.310. The van der Waals surface area contributed by atoms with Crippen LogP contribution in [0.4, 0.5) is 10.5 Å². The van der Waals surface area contributed by atoms with E-state index in [0.717, 1.165) is 10.6 Å². The number of anilines is 1. The normalized spacial score (nSPS) is 17.6. The molecule has 0 saturated carbocycles. The number of carbonyl (C=O) groups is 3. The fourth-order valence-electron chi connectivity index (χ4n) is 2.89. The second-order valence-corrected chi connectivity index (χ2v) is 6.75. The highest BCUT2D eigenvalue weighted by Crippen LogP contribution is 2.19. The first kappa shape index (κ1) is 18.0. The molecule has 4 amide bonds. The molecule has 6 heteroatoms. The average molecular weight is 331 g/mol. The van der Waals surface area contributed by atoms with Crippen molar-refractivity contribution in [3.63, 3.8) is 0 Å². The number of imide groups is 1. The minimum atomic E-state index is -0.533. The van der Waals surface area contributed by atoms with Crippen molar-refractivity contribution in [2.75, 3.05) is 11.4 Å². The lowest BCUT2D eigenvalue weighted by Crippen LogP contribution is -2.46. The molecule has 0 unspecified atom stereocenters.